The van der Waals surface area contributed by atoms with Crippen molar-refractivity contribution < 1.29 is 29.5 Å². The summed E-state index contributed by atoms with van der Waals surface area (Å²) in [4.78, 5) is 0. The summed E-state index contributed by atoms with van der Waals surface area (Å²) in [7, 11) is 0. The minimum absolute atomic E-state index is 0.0201. The van der Waals surface area contributed by atoms with Crippen LogP contribution in [-0.4, -0.2) is 47.3 Å². The average Bonchev–Trinajstić information content (AvgIpc) is 2.69. The van der Waals surface area contributed by atoms with Gasteiger partial charge in [0.25, 0.3) is 0 Å². The second kappa shape index (κ2) is 8.17. The van der Waals surface area contributed by atoms with Gasteiger partial charge in [-0.25, -0.2) is 0 Å². The monoisotopic (exact) mass is 406 g/mol. The molecule has 1 fully saturated rings. The van der Waals surface area contributed by atoms with Crippen LogP contribution < -0.4 is 9.47 Å². The van der Waals surface area contributed by atoms with Gasteiger partial charge in [0.15, 0.2) is 11.5 Å². The van der Waals surface area contributed by atoms with Gasteiger partial charge in [-0.3, -0.25) is 0 Å². The van der Waals surface area contributed by atoms with Crippen molar-refractivity contribution in [1.82, 2.24) is 0 Å². The summed E-state index contributed by atoms with van der Waals surface area (Å²) in [5, 5.41) is 30.3. The summed E-state index contributed by atoms with van der Waals surface area (Å²) in [5.74, 6) is 1.46. The number of aliphatic hydroxyl groups is 2. The molecule has 28 heavy (non-hydrogen) atoms. The highest BCUT2D eigenvalue weighted by atomic mass is 35.5. The first-order valence-electron chi connectivity index (χ1n) is 9.37. The van der Waals surface area contributed by atoms with Crippen LogP contribution in [0, 0.1) is 0 Å². The van der Waals surface area contributed by atoms with E-state index in [2.05, 4.69) is 0 Å². The first kappa shape index (κ1) is 19.3. The second-order valence-corrected chi connectivity index (χ2v) is 7.62. The Bertz CT molecular complexity index is 855. The molecule has 3 unspecified atom stereocenters. The van der Waals surface area contributed by atoms with Crippen molar-refractivity contribution in [3.05, 3.63) is 52.0 Å². The van der Waals surface area contributed by atoms with E-state index in [1.165, 1.54) is 6.07 Å². The smallest absolute Gasteiger partial charge is 0.161 e. The van der Waals surface area contributed by atoms with Crippen molar-refractivity contribution in [1.29, 1.82) is 0 Å². The molecule has 0 radical (unpaired) electrons. The number of aromatic hydroxyl groups is 1. The van der Waals surface area contributed by atoms with E-state index in [0.29, 0.717) is 48.8 Å². The van der Waals surface area contributed by atoms with Crippen molar-refractivity contribution >= 4 is 11.6 Å². The Morgan fingerprint density at radius 3 is 2.61 bits per heavy atom. The molecule has 7 heteroatoms. The molecule has 0 aromatic heterocycles. The highest BCUT2D eigenvalue weighted by Gasteiger charge is 2.31. The third-order valence-corrected chi connectivity index (χ3v) is 5.48. The molecular formula is C21H23ClO6. The van der Waals surface area contributed by atoms with E-state index in [-0.39, 0.29) is 12.4 Å². The molecule has 0 amide bonds. The molecular weight excluding hydrogens is 384 g/mol. The Morgan fingerprint density at radius 2 is 1.82 bits per heavy atom. The molecule has 6 nitrogen and oxygen atoms in total. The highest BCUT2D eigenvalue weighted by molar-refractivity contribution is 6.31. The maximum absolute atomic E-state index is 10.4. The number of aliphatic hydroxyl groups excluding tert-OH is 2. The molecule has 3 atom stereocenters. The van der Waals surface area contributed by atoms with Gasteiger partial charge in [0.2, 0.25) is 0 Å². The van der Waals surface area contributed by atoms with Crippen molar-refractivity contribution in [3.63, 3.8) is 0 Å². The lowest BCUT2D eigenvalue weighted by Gasteiger charge is -2.33. The Labute approximate surface area is 168 Å². The summed E-state index contributed by atoms with van der Waals surface area (Å²) >= 11 is 6.37. The standard InChI is InChI=1S/C21H23ClO6/c22-17-10-18(25)16(20-9-14(24)8-15(11-23)28-20)7-13(17)5-12-1-2-19-21(6-12)27-4-3-26-19/h1-2,6-7,10,14-15,20,23-25H,3-5,8-9,11H2. The van der Waals surface area contributed by atoms with Gasteiger partial charge in [-0.1, -0.05) is 17.7 Å². The molecule has 0 bridgehead atoms. The van der Waals surface area contributed by atoms with E-state index in [4.69, 9.17) is 25.8 Å². The minimum Gasteiger partial charge on any atom is -0.508 e. The summed E-state index contributed by atoms with van der Waals surface area (Å²) in [6.07, 6.45) is -0.267. The predicted octanol–water partition coefficient (Wildman–Crippen LogP) is 2.98. The van der Waals surface area contributed by atoms with E-state index in [1.54, 1.807) is 0 Å². The average molecular weight is 407 g/mol. The summed E-state index contributed by atoms with van der Waals surface area (Å²) in [6, 6.07) is 9.08. The van der Waals surface area contributed by atoms with Crippen LogP contribution in [0.4, 0.5) is 0 Å². The lowest BCUT2D eigenvalue weighted by molar-refractivity contribution is -0.114. The number of benzene rings is 2. The molecule has 2 aromatic carbocycles. The van der Waals surface area contributed by atoms with Gasteiger partial charge in [0, 0.05) is 23.4 Å². The number of fused-ring (bicyclic) bond motifs is 1. The molecule has 2 heterocycles. The topological polar surface area (TPSA) is 88.4 Å². The summed E-state index contributed by atoms with van der Waals surface area (Å²) < 4.78 is 17.0. The number of ether oxygens (including phenoxy) is 3. The number of halogens is 1. The van der Waals surface area contributed by atoms with Crippen molar-refractivity contribution in [2.75, 3.05) is 19.8 Å². The first-order chi connectivity index (χ1) is 13.5. The van der Waals surface area contributed by atoms with E-state index >= 15 is 0 Å². The number of phenols is 1. The van der Waals surface area contributed by atoms with Crippen LogP contribution in [0.25, 0.3) is 0 Å². The summed E-state index contributed by atoms with van der Waals surface area (Å²) in [6.45, 7) is 0.890. The van der Waals surface area contributed by atoms with Gasteiger partial charge in [0.05, 0.1) is 24.9 Å². The van der Waals surface area contributed by atoms with E-state index in [0.717, 1.165) is 16.9 Å². The van der Waals surface area contributed by atoms with Crippen molar-refractivity contribution in [2.24, 2.45) is 0 Å². The van der Waals surface area contributed by atoms with Crippen LogP contribution in [0.15, 0.2) is 30.3 Å². The molecule has 3 N–H and O–H groups in total. The Kier molecular flexibility index (Phi) is 5.64. The van der Waals surface area contributed by atoms with E-state index in [9.17, 15) is 15.3 Å². The van der Waals surface area contributed by atoms with E-state index in [1.807, 2.05) is 24.3 Å². The number of phenolic OH excluding ortho intramolecular Hbond substituents is 1. The molecule has 1 saturated heterocycles. The maximum atomic E-state index is 10.4. The van der Waals surface area contributed by atoms with Crippen molar-refractivity contribution in [2.45, 2.75) is 37.6 Å². The van der Waals surface area contributed by atoms with Gasteiger partial charge < -0.3 is 29.5 Å². The van der Waals surface area contributed by atoms with Gasteiger partial charge in [-0.15, -0.1) is 0 Å². The number of rotatable bonds is 4. The minimum atomic E-state index is -0.591. The Morgan fingerprint density at radius 1 is 1.04 bits per heavy atom. The molecule has 0 saturated carbocycles. The molecule has 150 valence electrons. The number of hydrogen-bond donors (Lipinski definition) is 3. The largest absolute Gasteiger partial charge is 0.508 e. The van der Waals surface area contributed by atoms with Gasteiger partial charge in [-0.05, 0) is 41.8 Å². The number of hydrogen-bond acceptors (Lipinski definition) is 6. The van der Waals surface area contributed by atoms with Crippen LogP contribution in [-0.2, 0) is 11.2 Å². The molecule has 2 aromatic rings. The van der Waals surface area contributed by atoms with Crippen LogP contribution in [0.2, 0.25) is 5.02 Å². The maximum Gasteiger partial charge on any atom is 0.161 e. The lowest BCUT2D eigenvalue weighted by Crippen LogP contribution is -2.33. The fraction of sp³-hybridized carbons (Fsp3) is 0.429. The van der Waals surface area contributed by atoms with Gasteiger partial charge >= 0.3 is 0 Å². The fourth-order valence-corrected chi connectivity index (χ4v) is 3.97. The third-order valence-electron chi connectivity index (χ3n) is 5.13. The molecule has 4 rings (SSSR count). The lowest BCUT2D eigenvalue weighted by atomic mass is 9.93. The zero-order valence-corrected chi connectivity index (χ0v) is 16.1. The Balaban J connectivity index is 1.60. The molecule has 2 aliphatic rings. The van der Waals surface area contributed by atoms with Gasteiger partial charge in [0.1, 0.15) is 19.0 Å². The molecule has 2 aliphatic heterocycles. The zero-order valence-electron chi connectivity index (χ0n) is 15.3. The SMILES string of the molecule is OCC1CC(O)CC(c2cc(Cc3ccc4c(c3)OCCO4)c(Cl)cc2O)O1. The van der Waals surface area contributed by atoms with Gasteiger partial charge in [-0.2, -0.15) is 0 Å². The predicted molar refractivity (Wildman–Crippen MR) is 103 cm³/mol. The Hall–Kier alpha value is -1.99. The third kappa shape index (κ3) is 4.05. The van der Waals surface area contributed by atoms with Crippen molar-refractivity contribution in [3.8, 4) is 17.2 Å². The summed E-state index contributed by atoms with van der Waals surface area (Å²) in [5.41, 5.74) is 2.39. The zero-order chi connectivity index (χ0) is 19.7. The van der Waals surface area contributed by atoms with E-state index < -0.39 is 18.3 Å². The normalized spacial score (nSPS) is 24.2. The fourth-order valence-electron chi connectivity index (χ4n) is 3.75. The van der Waals surface area contributed by atoms with Crippen LogP contribution >= 0.6 is 11.6 Å². The molecule has 0 aliphatic carbocycles. The molecule has 0 spiro atoms. The highest BCUT2D eigenvalue weighted by Crippen LogP contribution is 2.39. The van der Waals surface area contributed by atoms with Crippen LogP contribution in [0.1, 0.15) is 35.6 Å². The quantitative estimate of drug-likeness (QED) is 0.723. The van der Waals surface area contributed by atoms with Crippen LogP contribution in [0.3, 0.4) is 0 Å². The second-order valence-electron chi connectivity index (χ2n) is 7.21. The first-order valence-corrected chi connectivity index (χ1v) is 9.75. The van der Waals surface area contributed by atoms with Crippen LogP contribution in [0.5, 0.6) is 17.2 Å².